The van der Waals surface area contributed by atoms with Crippen molar-refractivity contribution in [3.8, 4) is 11.5 Å². The number of carbonyl (C=O) groups is 2. The van der Waals surface area contributed by atoms with Gasteiger partial charge in [0.1, 0.15) is 0 Å². The summed E-state index contributed by atoms with van der Waals surface area (Å²) in [4.78, 5) is 27.9. The zero-order chi connectivity index (χ0) is 21.4. The maximum absolute atomic E-state index is 12.6. The summed E-state index contributed by atoms with van der Waals surface area (Å²) in [6, 6.07) is 13.0. The van der Waals surface area contributed by atoms with E-state index in [1.54, 1.807) is 45.3 Å². The van der Waals surface area contributed by atoms with Crippen molar-refractivity contribution in [1.82, 2.24) is 15.1 Å². The van der Waals surface area contributed by atoms with Crippen LogP contribution >= 0.6 is 0 Å². The van der Waals surface area contributed by atoms with Crippen molar-refractivity contribution >= 4 is 11.8 Å². The average Bonchev–Trinajstić information content (AvgIpc) is 2.73. The molecule has 0 atom stereocenters. The summed E-state index contributed by atoms with van der Waals surface area (Å²) in [7, 11) is 8.45. The molecule has 7 heteroatoms. The van der Waals surface area contributed by atoms with Gasteiger partial charge in [0.15, 0.2) is 11.5 Å². The minimum absolute atomic E-state index is 0.000598. The molecular formula is C22H29N3O4. The zero-order valence-electron chi connectivity index (χ0n) is 17.7. The molecule has 7 nitrogen and oxygen atoms in total. The number of methoxy groups -OCH3 is 2. The fourth-order valence-corrected chi connectivity index (χ4v) is 3.05. The molecule has 0 fully saturated rings. The number of para-hydroxylation sites is 1. The number of carbonyl (C=O) groups excluding carboxylic acids is 2. The molecule has 0 saturated heterocycles. The Morgan fingerprint density at radius 2 is 1.66 bits per heavy atom. The molecular weight excluding hydrogens is 370 g/mol. The first-order chi connectivity index (χ1) is 13.9. The number of hydrogen-bond acceptors (Lipinski definition) is 5. The molecule has 2 amide bonds. The summed E-state index contributed by atoms with van der Waals surface area (Å²) in [5.41, 5.74) is 2.53. The lowest BCUT2D eigenvalue weighted by molar-refractivity contribution is -0.131. The van der Waals surface area contributed by atoms with Crippen LogP contribution in [0.25, 0.3) is 0 Å². The first-order valence-electron chi connectivity index (χ1n) is 9.33. The fourth-order valence-electron chi connectivity index (χ4n) is 3.05. The van der Waals surface area contributed by atoms with E-state index < -0.39 is 0 Å². The molecule has 29 heavy (non-hydrogen) atoms. The highest BCUT2D eigenvalue weighted by Crippen LogP contribution is 2.31. The number of nitrogens with one attached hydrogen (secondary N) is 1. The third kappa shape index (κ3) is 5.96. The summed E-state index contributed by atoms with van der Waals surface area (Å²) >= 11 is 0. The van der Waals surface area contributed by atoms with Gasteiger partial charge in [-0.25, -0.2) is 0 Å². The highest BCUT2D eigenvalue weighted by atomic mass is 16.5. The lowest BCUT2D eigenvalue weighted by Crippen LogP contribution is -2.36. The Balaban J connectivity index is 1.94. The van der Waals surface area contributed by atoms with Crippen LogP contribution in [0.5, 0.6) is 11.5 Å². The van der Waals surface area contributed by atoms with Crippen LogP contribution in [0.1, 0.15) is 21.5 Å². The lowest BCUT2D eigenvalue weighted by Gasteiger charge is -2.23. The van der Waals surface area contributed by atoms with Gasteiger partial charge in [0.05, 0.1) is 20.8 Å². The normalized spacial score (nSPS) is 10.6. The molecule has 0 aliphatic carbocycles. The van der Waals surface area contributed by atoms with E-state index >= 15 is 0 Å². The van der Waals surface area contributed by atoms with Crippen LogP contribution in [-0.4, -0.2) is 63.5 Å². The van der Waals surface area contributed by atoms with Crippen LogP contribution in [0.2, 0.25) is 0 Å². The summed E-state index contributed by atoms with van der Waals surface area (Å²) in [6.45, 7) is 1.31. The first kappa shape index (κ1) is 22.2. The molecule has 1 N–H and O–H groups in total. The summed E-state index contributed by atoms with van der Waals surface area (Å²) < 4.78 is 10.8. The molecule has 0 aromatic heterocycles. The van der Waals surface area contributed by atoms with Crippen molar-refractivity contribution in [2.45, 2.75) is 13.1 Å². The smallest absolute Gasteiger partial charge is 0.251 e. The van der Waals surface area contributed by atoms with Crippen LogP contribution < -0.4 is 14.8 Å². The molecule has 0 spiro atoms. The van der Waals surface area contributed by atoms with Gasteiger partial charge < -0.3 is 19.7 Å². The van der Waals surface area contributed by atoms with Gasteiger partial charge in [0, 0.05) is 38.3 Å². The monoisotopic (exact) mass is 399 g/mol. The summed E-state index contributed by atoms with van der Waals surface area (Å²) in [5, 5.41) is 2.60. The van der Waals surface area contributed by atoms with Crippen LogP contribution in [0.4, 0.5) is 0 Å². The number of likely N-dealkylation sites (N-methyl/N-ethyl adjacent to an activating group) is 2. The van der Waals surface area contributed by atoms with Gasteiger partial charge in [-0.3, -0.25) is 14.5 Å². The molecule has 0 saturated carbocycles. The molecule has 2 aromatic rings. The van der Waals surface area contributed by atoms with E-state index in [9.17, 15) is 9.59 Å². The van der Waals surface area contributed by atoms with Crippen LogP contribution in [0, 0.1) is 0 Å². The minimum Gasteiger partial charge on any atom is -0.493 e. The Morgan fingerprint density at radius 3 is 2.24 bits per heavy atom. The Hall–Kier alpha value is -3.06. The van der Waals surface area contributed by atoms with E-state index in [1.807, 2.05) is 42.3 Å². The molecule has 0 heterocycles. The highest BCUT2D eigenvalue weighted by molar-refractivity contribution is 5.93. The molecule has 0 radical (unpaired) electrons. The van der Waals surface area contributed by atoms with Gasteiger partial charge in [-0.05, 0) is 30.8 Å². The van der Waals surface area contributed by atoms with E-state index in [1.165, 1.54) is 0 Å². The van der Waals surface area contributed by atoms with Gasteiger partial charge in [-0.1, -0.05) is 24.3 Å². The van der Waals surface area contributed by atoms with Crippen molar-refractivity contribution in [3.63, 3.8) is 0 Å². The number of ether oxygens (including phenoxy) is 2. The molecule has 2 rings (SSSR count). The topological polar surface area (TPSA) is 71.1 Å². The van der Waals surface area contributed by atoms with Crippen molar-refractivity contribution < 1.29 is 19.1 Å². The van der Waals surface area contributed by atoms with Crippen molar-refractivity contribution in [3.05, 3.63) is 59.2 Å². The van der Waals surface area contributed by atoms with Crippen LogP contribution in [0.15, 0.2) is 42.5 Å². The summed E-state index contributed by atoms with van der Waals surface area (Å²) in [5.74, 6) is 1.16. The summed E-state index contributed by atoms with van der Waals surface area (Å²) in [6.07, 6.45) is 0. The third-order valence-electron chi connectivity index (χ3n) is 4.62. The standard InChI is InChI=1S/C22H29N3O4/c1-23-22(27)17-11-9-16(10-12-17)13-24(2)15-20(26)25(3)14-18-7-6-8-19(28-4)21(18)29-5/h6-12H,13-15H2,1-5H3,(H,23,27). The average molecular weight is 399 g/mol. The third-order valence-corrected chi connectivity index (χ3v) is 4.62. The van der Waals surface area contributed by atoms with Gasteiger partial charge in [-0.2, -0.15) is 0 Å². The van der Waals surface area contributed by atoms with E-state index in [4.69, 9.17) is 9.47 Å². The molecule has 0 aliphatic rings. The minimum atomic E-state index is -0.116. The predicted molar refractivity (Wildman–Crippen MR) is 112 cm³/mol. The Bertz CT molecular complexity index is 836. The van der Waals surface area contributed by atoms with Gasteiger partial charge in [0.25, 0.3) is 5.91 Å². The fraction of sp³-hybridized carbons (Fsp3) is 0.364. The number of nitrogens with zero attached hydrogens (tertiary/aromatic N) is 2. The van der Waals surface area contributed by atoms with Gasteiger partial charge in [0.2, 0.25) is 5.91 Å². The second kappa shape index (κ2) is 10.5. The second-order valence-electron chi connectivity index (χ2n) is 6.85. The van der Waals surface area contributed by atoms with Crippen molar-refractivity contribution in [1.29, 1.82) is 0 Å². The zero-order valence-corrected chi connectivity index (χ0v) is 17.7. The van der Waals surface area contributed by atoms with Gasteiger partial charge >= 0.3 is 0 Å². The largest absolute Gasteiger partial charge is 0.493 e. The van der Waals surface area contributed by atoms with Crippen molar-refractivity contribution in [2.24, 2.45) is 0 Å². The van der Waals surface area contributed by atoms with E-state index in [0.717, 1.165) is 11.1 Å². The molecule has 0 aliphatic heterocycles. The number of benzene rings is 2. The molecule has 0 unspecified atom stereocenters. The lowest BCUT2D eigenvalue weighted by atomic mass is 10.1. The van der Waals surface area contributed by atoms with Crippen LogP contribution in [0.3, 0.4) is 0 Å². The highest BCUT2D eigenvalue weighted by Gasteiger charge is 2.16. The van der Waals surface area contributed by atoms with E-state index in [-0.39, 0.29) is 18.4 Å². The first-order valence-corrected chi connectivity index (χ1v) is 9.33. The Labute approximate surface area is 172 Å². The molecule has 2 aromatic carbocycles. The quantitative estimate of drug-likeness (QED) is 0.700. The number of amides is 2. The van der Waals surface area contributed by atoms with E-state index in [0.29, 0.717) is 30.2 Å². The maximum Gasteiger partial charge on any atom is 0.251 e. The molecule has 0 bridgehead atoms. The SMILES string of the molecule is CNC(=O)c1ccc(CN(C)CC(=O)N(C)Cc2cccc(OC)c2OC)cc1. The maximum atomic E-state index is 12.6. The molecule has 156 valence electrons. The Morgan fingerprint density at radius 1 is 0.966 bits per heavy atom. The second-order valence-corrected chi connectivity index (χ2v) is 6.85. The van der Waals surface area contributed by atoms with Gasteiger partial charge in [-0.15, -0.1) is 0 Å². The Kier molecular flexibility index (Phi) is 8.03. The van der Waals surface area contributed by atoms with E-state index in [2.05, 4.69) is 5.32 Å². The number of rotatable bonds is 9. The van der Waals surface area contributed by atoms with Crippen molar-refractivity contribution in [2.75, 3.05) is 41.9 Å². The predicted octanol–water partition coefficient (Wildman–Crippen LogP) is 2.15. The number of hydrogen-bond donors (Lipinski definition) is 1. The van der Waals surface area contributed by atoms with Crippen LogP contribution in [-0.2, 0) is 17.9 Å².